The van der Waals surface area contributed by atoms with Gasteiger partial charge in [-0.3, -0.25) is 4.79 Å². The summed E-state index contributed by atoms with van der Waals surface area (Å²) in [6, 6.07) is 11.9. The van der Waals surface area contributed by atoms with E-state index in [4.69, 9.17) is 16.3 Å². The van der Waals surface area contributed by atoms with Crippen molar-refractivity contribution in [1.29, 1.82) is 0 Å². The van der Waals surface area contributed by atoms with E-state index in [9.17, 15) is 4.79 Å². The molecule has 1 heterocycles. The molecule has 0 spiro atoms. The van der Waals surface area contributed by atoms with Gasteiger partial charge in [-0.15, -0.1) is 0 Å². The lowest BCUT2D eigenvalue weighted by molar-refractivity contribution is -0.122. The average Bonchev–Trinajstić information content (AvgIpc) is 3.46. The number of rotatable bonds is 9. The number of anilines is 1. The largest absolute Gasteiger partial charge is 0.385 e. The maximum Gasteiger partial charge on any atom is 0.247 e. The zero-order valence-electron chi connectivity index (χ0n) is 16.8. The van der Waals surface area contributed by atoms with Gasteiger partial charge in [-0.1, -0.05) is 23.7 Å². The van der Waals surface area contributed by atoms with Crippen LogP contribution in [0.25, 0.3) is 0 Å². The minimum Gasteiger partial charge on any atom is -0.385 e. The number of fused-ring (bicyclic) bond motifs is 1. The molecule has 4 rings (SSSR count). The molecule has 2 aliphatic rings. The van der Waals surface area contributed by atoms with E-state index in [-0.39, 0.29) is 5.91 Å². The molecule has 1 fully saturated rings. The Morgan fingerprint density at radius 3 is 2.83 bits per heavy atom. The van der Waals surface area contributed by atoms with E-state index >= 15 is 0 Å². The second-order valence-electron chi connectivity index (χ2n) is 7.89. The van der Waals surface area contributed by atoms with E-state index in [2.05, 4.69) is 34.1 Å². The van der Waals surface area contributed by atoms with Crippen LogP contribution in [0.5, 0.6) is 0 Å². The lowest BCUT2D eigenvalue weighted by Crippen LogP contribution is -2.34. The van der Waals surface area contributed by atoms with Crippen molar-refractivity contribution in [2.45, 2.75) is 44.3 Å². The molecule has 154 valence electrons. The molecule has 1 aliphatic heterocycles. The highest BCUT2D eigenvalue weighted by atomic mass is 35.5. The minimum absolute atomic E-state index is 0.0521. The van der Waals surface area contributed by atoms with Gasteiger partial charge in [-0.25, -0.2) is 0 Å². The molecule has 1 aliphatic carbocycles. The molecule has 29 heavy (non-hydrogen) atoms. The van der Waals surface area contributed by atoms with Crippen LogP contribution in [0.2, 0.25) is 5.02 Å². The fourth-order valence-corrected chi connectivity index (χ4v) is 4.09. The first-order valence-electron chi connectivity index (χ1n) is 10.3. The van der Waals surface area contributed by atoms with Gasteiger partial charge in [-0.2, -0.15) is 0 Å². The van der Waals surface area contributed by atoms with Gasteiger partial charge in [-0.05, 0) is 71.7 Å². The van der Waals surface area contributed by atoms with Gasteiger partial charge < -0.3 is 20.7 Å². The number of carbonyl (C=O) groups is 1. The number of hydrogen-bond acceptors (Lipinski definition) is 4. The lowest BCUT2D eigenvalue weighted by atomic mass is 10.00. The summed E-state index contributed by atoms with van der Waals surface area (Å²) in [6.07, 6.45) is 3.17. The molecule has 0 saturated heterocycles. The number of halogens is 1. The number of amides is 1. The monoisotopic (exact) mass is 413 g/mol. The van der Waals surface area contributed by atoms with Gasteiger partial charge in [0.15, 0.2) is 0 Å². The van der Waals surface area contributed by atoms with Gasteiger partial charge in [0.1, 0.15) is 6.04 Å². The molecule has 2 aromatic carbocycles. The highest BCUT2D eigenvalue weighted by molar-refractivity contribution is 6.30. The highest BCUT2D eigenvalue weighted by Gasteiger charge is 2.27. The van der Waals surface area contributed by atoms with Gasteiger partial charge in [0, 0.05) is 44.1 Å². The van der Waals surface area contributed by atoms with Crippen LogP contribution >= 0.6 is 11.6 Å². The first-order valence-corrected chi connectivity index (χ1v) is 10.7. The summed E-state index contributed by atoms with van der Waals surface area (Å²) in [5.74, 6) is 0.521. The smallest absolute Gasteiger partial charge is 0.247 e. The molecule has 1 atom stereocenters. The van der Waals surface area contributed by atoms with E-state index in [1.54, 1.807) is 7.11 Å². The van der Waals surface area contributed by atoms with Crippen molar-refractivity contribution in [3.05, 3.63) is 63.7 Å². The number of ether oxygens (including phenoxy) is 1. The molecule has 3 N–H and O–H groups in total. The summed E-state index contributed by atoms with van der Waals surface area (Å²) < 4.78 is 5.08. The zero-order valence-corrected chi connectivity index (χ0v) is 17.5. The SMILES string of the molecule is COCCCNC(=O)[C@H](Nc1ccc2c(c1)CNC2)c1cc(Cl)cc(C2CC2)c1. The molecule has 2 aromatic rings. The Bertz CT molecular complexity index is 882. The first kappa shape index (κ1) is 20.2. The summed E-state index contributed by atoms with van der Waals surface area (Å²) in [5.41, 5.74) is 5.67. The molecule has 1 saturated carbocycles. The Labute approximate surface area is 177 Å². The first-order chi connectivity index (χ1) is 14.1. The maximum absolute atomic E-state index is 13.1. The predicted octanol–water partition coefficient (Wildman–Crippen LogP) is 4.13. The highest BCUT2D eigenvalue weighted by Crippen LogP contribution is 2.42. The second-order valence-corrected chi connectivity index (χ2v) is 8.33. The van der Waals surface area contributed by atoms with Crippen LogP contribution in [0.3, 0.4) is 0 Å². The Hall–Kier alpha value is -2.08. The third kappa shape index (κ3) is 5.10. The van der Waals surface area contributed by atoms with Crippen LogP contribution in [0.4, 0.5) is 5.69 Å². The Kier molecular flexibility index (Phi) is 6.38. The Morgan fingerprint density at radius 2 is 2.03 bits per heavy atom. The molecule has 5 nitrogen and oxygen atoms in total. The number of nitrogens with one attached hydrogen (secondary N) is 3. The summed E-state index contributed by atoms with van der Waals surface area (Å²) in [7, 11) is 1.67. The van der Waals surface area contributed by atoms with E-state index in [0.29, 0.717) is 24.1 Å². The quantitative estimate of drug-likeness (QED) is 0.541. The van der Waals surface area contributed by atoms with Crippen molar-refractivity contribution in [3.8, 4) is 0 Å². The maximum atomic E-state index is 13.1. The van der Waals surface area contributed by atoms with E-state index in [1.807, 2.05) is 18.2 Å². The molecular formula is C23H28ClN3O2. The van der Waals surface area contributed by atoms with Crippen molar-refractivity contribution in [2.75, 3.05) is 25.6 Å². The summed E-state index contributed by atoms with van der Waals surface area (Å²) in [4.78, 5) is 13.1. The van der Waals surface area contributed by atoms with Gasteiger partial charge >= 0.3 is 0 Å². The van der Waals surface area contributed by atoms with Crippen molar-refractivity contribution < 1.29 is 9.53 Å². The second kappa shape index (κ2) is 9.16. The van der Waals surface area contributed by atoms with Crippen LogP contribution in [0.1, 0.15) is 53.5 Å². The average molecular weight is 414 g/mol. The van der Waals surface area contributed by atoms with Crippen molar-refractivity contribution >= 4 is 23.2 Å². The number of benzene rings is 2. The van der Waals surface area contributed by atoms with Crippen molar-refractivity contribution in [3.63, 3.8) is 0 Å². The van der Waals surface area contributed by atoms with Crippen LogP contribution in [-0.4, -0.2) is 26.2 Å². The fraction of sp³-hybridized carbons (Fsp3) is 0.435. The standard InChI is InChI=1S/C23H28ClN3O2/c1-29-8-2-7-26-23(28)22(18-9-17(15-3-4-15)10-20(24)11-18)27-21-6-5-16-13-25-14-19(16)12-21/h5-6,9-12,15,22,25,27H,2-4,7-8,13-14H2,1H3,(H,26,28)/t22-/m1/s1. The summed E-state index contributed by atoms with van der Waals surface area (Å²) in [5, 5.41) is 10.5. The van der Waals surface area contributed by atoms with E-state index in [0.717, 1.165) is 30.8 Å². The molecule has 0 unspecified atom stereocenters. The zero-order chi connectivity index (χ0) is 20.2. The molecule has 6 heteroatoms. The van der Waals surface area contributed by atoms with Crippen LogP contribution in [0, 0.1) is 0 Å². The number of hydrogen-bond donors (Lipinski definition) is 3. The predicted molar refractivity (Wildman–Crippen MR) is 116 cm³/mol. The molecule has 0 bridgehead atoms. The van der Waals surface area contributed by atoms with Crippen molar-refractivity contribution in [1.82, 2.24) is 10.6 Å². The molecule has 0 radical (unpaired) electrons. The molecular weight excluding hydrogens is 386 g/mol. The van der Waals surface area contributed by atoms with E-state index < -0.39 is 6.04 Å². The minimum atomic E-state index is -0.499. The molecule has 1 amide bonds. The normalized spacial score (nSPS) is 16.3. The van der Waals surface area contributed by atoms with Crippen molar-refractivity contribution in [2.24, 2.45) is 0 Å². The van der Waals surface area contributed by atoms with Gasteiger partial charge in [0.05, 0.1) is 0 Å². The Morgan fingerprint density at radius 1 is 1.21 bits per heavy atom. The van der Waals surface area contributed by atoms with Crippen LogP contribution in [-0.2, 0) is 22.6 Å². The summed E-state index contributed by atoms with van der Waals surface area (Å²) in [6.45, 7) is 2.97. The number of methoxy groups -OCH3 is 1. The van der Waals surface area contributed by atoms with Crippen LogP contribution < -0.4 is 16.0 Å². The third-order valence-corrected chi connectivity index (χ3v) is 5.78. The van der Waals surface area contributed by atoms with E-state index in [1.165, 1.54) is 29.5 Å². The summed E-state index contributed by atoms with van der Waals surface area (Å²) >= 11 is 6.41. The van der Waals surface area contributed by atoms with Crippen LogP contribution in [0.15, 0.2) is 36.4 Å². The topological polar surface area (TPSA) is 62.4 Å². The number of carbonyl (C=O) groups excluding carboxylic acids is 1. The Balaban J connectivity index is 1.57. The molecule has 0 aromatic heterocycles. The van der Waals surface area contributed by atoms with Gasteiger partial charge in [0.2, 0.25) is 5.91 Å². The van der Waals surface area contributed by atoms with Gasteiger partial charge in [0.25, 0.3) is 0 Å². The fourth-order valence-electron chi connectivity index (χ4n) is 3.84. The lowest BCUT2D eigenvalue weighted by Gasteiger charge is -2.21. The third-order valence-electron chi connectivity index (χ3n) is 5.56.